The lowest BCUT2D eigenvalue weighted by atomic mass is 9.54. The van der Waals surface area contributed by atoms with Crippen LogP contribution >= 0.6 is 0 Å². The lowest BCUT2D eigenvalue weighted by Gasteiger charge is -2.45. The number of carbonyl (C=O) groups is 4. The van der Waals surface area contributed by atoms with Gasteiger partial charge in [-0.1, -0.05) is 0 Å². The third-order valence-electron chi connectivity index (χ3n) is 16.1. The van der Waals surface area contributed by atoms with Gasteiger partial charge in [-0.05, 0) is 98.7 Å². The number of rotatable bonds is 4. The first-order chi connectivity index (χ1) is 22.2. The quantitative estimate of drug-likeness (QED) is 0.259. The fraction of sp³-hybridized carbons (Fsp3) is 0.778. The Bertz CT molecular complexity index is 1430. The van der Waals surface area contributed by atoms with E-state index < -0.39 is 0 Å². The summed E-state index contributed by atoms with van der Waals surface area (Å²) in [7, 11) is 5.55. The lowest BCUT2D eigenvalue weighted by molar-refractivity contribution is -0.140. The van der Waals surface area contributed by atoms with Gasteiger partial charge in [-0.25, -0.2) is 19.2 Å². The molecule has 10 heteroatoms. The van der Waals surface area contributed by atoms with Gasteiger partial charge in [-0.2, -0.15) is 0 Å². The van der Waals surface area contributed by atoms with Crippen molar-refractivity contribution >= 4 is 23.9 Å². The average molecular weight is 633 g/mol. The molecule has 14 aliphatic rings. The summed E-state index contributed by atoms with van der Waals surface area (Å²) in [5.41, 5.74) is 1.56. The Morgan fingerprint density at radius 1 is 0.457 bits per heavy atom. The van der Waals surface area contributed by atoms with Gasteiger partial charge in [0.25, 0.3) is 0 Å². The van der Waals surface area contributed by atoms with Gasteiger partial charge in [-0.3, -0.25) is 0 Å². The maximum absolute atomic E-state index is 12.4. The zero-order valence-electron chi connectivity index (χ0n) is 26.7. The minimum atomic E-state index is -0.370. The predicted molar refractivity (Wildman–Crippen MR) is 154 cm³/mol. The molecule has 14 rings (SSSR count). The standard InChI is InChI=1S/2C18H20O5/c2*1-21-15(19)13-11-6-12(14(13)16(20)22-2)18-10-4-3-9(7-5-8(7)10)17(11,18)23-18/h2*7-12H,3-6H2,1-2H3. The number of hydrogen-bond acceptors (Lipinski definition) is 10. The van der Waals surface area contributed by atoms with Crippen LogP contribution in [0.15, 0.2) is 22.3 Å². The van der Waals surface area contributed by atoms with E-state index in [0.29, 0.717) is 46.0 Å². The normalized spacial score (nSPS) is 55.9. The van der Waals surface area contributed by atoms with E-state index in [1.807, 2.05) is 0 Å². The molecule has 0 N–H and O–H groups in total. The zero-order valence-corrected chi connectivity index (χ0v) is 26.7. The molecule has 0 aromatic carbocycles. The lowest BCUT2D eigenvalue weighted by Crippen LogP contribution is -2.54. The van der Waals surface area contributed by atoms with Gasteiger partial charge in [0, 0.05) is 23.7 Å². The first kappa shape index (κ1) is 27.3. The fourth-order valence-corrected chi connectivity index (χ4v) is 15.1. The molecule has 12 fully saturated rings. The van der Waals surface area contributed by atoms with Gasteiger partial charge in [0.15, 0.2) is 0 Å². The summed E-state index contributed by atoms with van der Waals surface area (Å²) in [4.78, 5) is 49.7. The predicted octanol–water partition coefficient (Wildman–Crippen LogP) is 2.92. The number of hydrogen-bond donors (Lipinski definition) is 0. The Balaban J connectivity index is 0.000000114. The van der Waals surface area contributed by atoms with Crippen LogP contribution in [0.3, 0.4) is 0 Å². The minimum Gasteiger partial charge on any atom is -0.466 e. The Morgan fingerprint density at radius 2 is 0.696 bits per heavy atom. The fourth-order valence-electron chi connectivity index (χ4n) is 15.1. The Morgan fingerprint density at radius 3 is 0.913 bits per heavy atom. The van der Waals surface area contributed by atoms with E-state index in [1.54, 1.807) is 0 Å². The number of esters is 4. The maximum Gasteiger partial charge on any atom is 0.334 e. The largest absolute Gasteiger partial charge is 0.466 e. The van der Waals surface area contributed by atoms with Crippen molar-refractivity contribution in [2.24, 2.45) is 71.0 Å². The van der Waals surface area contributed by atoms with Crippen LogP contribution in [-0.4, -0.2) is 74.7 Å². The van der Waals surface area contributed by atoms with Gasteiger partial charge < -0.3 is 28.4 Å². The van der Waals surface area contributed by atoms with Crippen LogP contribution < -0.4 is 0 Å². The molecule has 10 saturated carbocycles. The van der Waals surface area contributed by atoms with Crippen LogP contribution in [-0.2, 0) is 47.6 Å². The van der Waals surface area contributed by atoms with Gasteiger partial charge in [0.1, 0.15) is 22.4 Å². The molecule has 12 aliphatic carbocycles. The summed E-state index contributed by atoms with van der Waals surface area (Å²) in [5, 5.41) is 0. The molecule has 2 saturated heterocycles. The molecule has 0 spiro atoms. The van der Waals surface area contributed by atoms with Crippen molar-refractivity contribution in [3.8, 4) is 0 Å². The summed E-state index contributed by atoms with van der Waals surface area (Å²) < 4.78 is 33.2. The third kappa shape index (κ3) is 2.45. The first-order valence-corrected chi connectivity index (χ1v) is 17.4. The van der Waals surface area contributed by atoms with Crippen molar-refractivity contribution in [2.45, 2.75) is 73.8 Å². The smallest absolute Gasteiger partial charge is 0.334 e. The van der Waals surface area contributed by atoms with Crippen molar-refractivity contribution in [2.75, 3.05) is 28.4 Å². The van der Waals surface area contributed by atoms with E-state index in [-0.39, 0.29) is 70.0 Å². The van der Waals surface area contributed by atoms with E-state index in [2.05, 4.69) is 0 Å². The molecule has 0 aromatic rings. The Kier molecular flexibility index (Phi) is 4.70. The second kappa shape index (κ2) is 7.94. The molecule has 0 radical (unpaired) electrons. The summed E-state index contributed by atoms with van der Waals surface area (Å²) >= 11 is 0. The highest BCUT2D eigenvalue weighted by atomic mass is 16.6. The average Bonchev–Trinajstić information content (AvgIpc) is 3.98. The van der Waals surface area contributed by atoms with E-state index in [9.17, 15) is 19.2 Å². The number of epoxide rings is 2. The van der Waals surface area contributed by atoms with Crippen LogP contribution in [0.1, 0.15) is 51.4 Å². The molecule has 2 aliphatic heterocycles. The summed E-state index contributed by atoms with van der Waals surface area (Å²) in [6.45, 7) is 0. The van der Waals surface area contributed by atoms with Crippen LogP contribution in [0.25, 0.3) is 0 Å². The molecular formula is C36H40O10. The summed E-state index contributed by atoms with van der Waals surface area (Å²) in [6, 6.07) is 0. The molecular weight excluding hydrogens is 592 g/mol. The van der Waals surface area contributed by atoms with Crippen LogP contribution in [0.2, 0.25) is 0 Å². The van der Waals surface area contributed by atoms with Gasteiger partial charge in [0.2, 0.25) is 0 Å². The van der Waals surface area contributed by atoms with Crippen molar-refractivity contribution in [3.63, 3.8) is 0 Å². The second-order valence-corrected chi connectivity index (χ2v) is 16.4. The van der Waals surface area contributed by atoms with Crippen molar-refractivity contribution in [1.82, 2.24) is 0 Å². The van der Waals surface area contributed by atoms with Gasteiger partial charge in [0.05, 0.1) is 50.7 Å². The molecule has 8 bridgehead atoms. The number of methoxy groups -OCH3 is 4. The van der Waals surface area contributed by atoms with E-state index in [4.69, 9.17) is 28.4 Å². The van der Waals surface area contributed by atoms with E-state index in [0.717, 1.165) is 36.5 Å². The SMILES string of the molecule is COC(=O)C1=C(C(=O)OC)C2CC1C13OC21C1CCC3C2CC21.COC(=O)C1=C(C(=O)OC)C2CC1C13OC21C1CCC3C2CC21. The highest BCUT2D eigenvalue weighted by Gasteiger charge is 2.96. The first-order valence-electron chi connectivity index (χ1n) is 17.4. The zero-order chi connectivity index (χ0) is 31.4. The monoisotopic (exact) mass is 632 g/mol. The number of carbonyl (C=O) groups excluding carboxylic acids is 4. The minimum absolute atomic E-state index is 0.0309. The van der Waals surface area contributed by atoms with Crippen molar-refractivity contribution in [1.29, 1.82) is 0 Å². The Labute approximate surface area is 266 Å². The molecule has 2 heterocycles. The number of fused-ring (bicyclic) bond motifs is 6. The third-order valence-corrected chi connectivity index (χ3v) is 16.1. The topological polar surface area (TPSA) is 130 Å². The second-order valence-electron chi connectivity index (χ2n) is 16.4. The van der Waals surface area contributed by atoms with E-state index >= 15 is 0 Å². The molecule has 0 amide bonds. The summed E-state index contributed by atoms with van der Waals surface area (Å²) in [6.07, 6.45) is 9.25. The highest BCUT2D eigenvalue weighted by Crippen LogP contribution is 2.89. The molecule has 10 nitrogen and oxygen atoms in total. The molecule has 244 valence electrons. The van der Waals surface area contributed by atoms with Crippen molar-refractivity contribution < 1.29 is 47.6 Å². The van der Waals surface area contributed by atoms with Gasteiger partial charge in [-0.15, -0.1) is 0 Å². The van der Waals surface area contributed by atoms with Crippen LogP contribution in [0, 0.1) is 71.0 Å². The molecule has 16 atom stereocenters. The van der Waals surface area contributed by atoms with Crippen molar-refractivity contribution in [3.05, 3.63) is 22.3 Å². The van der Waals surface area contributed by atoms with Crippen LogP contribution in [0.5, 0.6) is 0 Å². The Hall–Kier alpha value is -2.72. The molecule has 46 heavy (non-hydrogen) atoms. The molecule has 16 unspecified atom stereocenters. The van der Waals surface area contributed by atoms with Gasteiger partial charge >= 0.3 is 23.9 Å². The molecule has 0 aromatic heterocycles. The van der Waals surface area contributed by atoms with E-state index in [1.165, 1.54) is 67.0 Å². The highest BCUT2D eigenvalue weighted by molar-refractivity contribution is 6.04. The summed E-state index contributed by atoms with van der Waals surface area (Å²) in [5.74, 6) is 4.13. The van der Waals surface area contributed by atoms with Crippen LogP contribution in [0.4, 0.5) is 0 Å². The maximum atomic E-state index is 12.4. The number of ether oxygens (including phenoxy) is 6.